The zero-order valence-electron chi connectivity index (χ0n) is 49.0. The topological polar surface area (TPSA) is 78.9 Å². The molecule has 0 heterocycles. The Hall–Kier alpha value is -4.71. The fourth-order valence-corrected chi connectivity index (χ4v) is 8.02. The van der Waals surface area contributed by atoms with Crippen molar-refractivity contribution < 1.29 is 28.6 Å². The number of unbranched alkanes of at least 4 members (excludes halogenated alkanes) is 19. The molecule has 0 aliphatic rings. The van der Waals surface area contributed by atoms with Crippen LogP contribution in [0.3, 0.4) is 0 Å². The summed E-state index contributed by atoms with van der Waals surface area (Å²) in [6.45, 7) is 6.31. The van der Waals surface area contributed by atoms with Gasteiger partial charge in [-0.25, -0.2) is 0 Å². The molecule has 6 heteroatoms. The smallest absolute Gasteiger partial charge is 0.306 e. The molecule has 6 nitrogen and oxygen atoms in total. The third kappa shape index (κ3) is 60.2. The Labute approximate surface area is 467 Å². The van der Waals surface area contributed by atoms with Crippen LogP contribution in [0, 0.1) is 0 Å². The monoisotopic (exact) mass is 1050 g/mol. The highest BCUT2D eigenvalue weighted by atomic mass is 16.6. The van der Waals surface area contributed by atoms with Gasteiger partial charge in [-0.3, -0.25) is 14.4 Å². The maximum atomic E-state index is 12.9. The summed E-state index contributed by atoms with van der Waals surface area (Å²) in [7, 11) is 0. The van der Waals surface area contributed by atoms with Gasteiger partial charge in [0.05, 0.1) is 0 Å². The highest BCUT2D eigenvalue weighted by molar-refractivity contribution is 5.71. The van der Waals surface area contributed by atoms with Crippen LogP contribution in [-0.2, 0) is 28.6 Å². The average molecular weight is 1050 g/mol. The summed E-state index contributed by atoms with van der Waals surface area (Å²) in [5, 5.41) is 0. The van der Waals surface area contributed by atoms with Crippen LogP contribution in [0.15, 0.2) is 146 Å². The van der Waals surface area contributed by atoms with Crippen molar-refractivity contribution >= 4 is 17.9 Å². The lowest BCUT2D eigenvalue weighted by Gasteiger charge is -2.18. The van der Waals surface area contributed by atoms with E-state index < -0.39 is 6.10 Å². The Morgan fingerprint density at radius 2 is 0.539 bits per heavy atom. The Kier molecular flexibility index (Phi) is 58.9. The SMILES string of the molecule is CC/C=C\C/C=C\C/C=C\C/C=C\C/C=C\C/C=C\CCCCCCCCCCCCC(=O)OCC(COC(=O)CC/C=C\C/C=C\C/C=C\C/C=C\CC)OC(=O)CCCCCCC/C=C\C/C=C\CCCCCC. The van der Waals surface area contributed by atoms with E-state index in [0.717, 1.165) is 135 Å². The molecule has 0 aliphatic carbocycles. The number of carbonyl (C=O) groups excluding carboxylic acids is 3. The normalized spacial score (nSPS) is 13.1. The van der Waals surface area contributed by atoms with E-state index in [1.165, 1.54) is 77.0 Å². The zero-order valence-corrected chi connectivity index (χ0v) is 49.0. The first kappa shape index (κ1) is 71.3. The molecule has 0 aromatic heterocycles. The molecule has 0 amide bonds. The van der Waals surface area contributed by atoms with Gasteiger partial charge in [-0.1, -0.05) is 256 Å². The lowest BCUT2D eigenvalue weighted by atomic mass is 10.1. The summed E-state index contributed by atoms with van der Waals surface area (Å²) in [5.74, 6) is -1.02. The van der Waals surface area contributed by atoms with E-state index in [1.807, 2.05) is 12.2 Å². The molecule has 0 bridgehead atoms. The fourth-order valence-electron chi connectivity index (χ4n) is 8.02. The molecule has 0 spiro atoms. The van der Waals surface area contributed by atoms with E-state index in [2.05, 4.69) is 154 Å². The Balaban J connectivity index is 4.36. The predicted molar refractivity (Wildman–Crippen MR) is 329 cm³/mol. The molecule has 0 rings (SSSR count). The number of carbonyl (C=O) groups is 3. The fraction of sp³-hybridized carbons (Fsp3) is 0.614. The van der Waals surface area contributed by atoms with E-state index in [-0.39, 0.29) is 37.5 Å². The van der Waals surface area contributed by atoms with Gasteiger partial charge >= 0.3 is 17.9 Å². The van der Waals surface area contributed by atoms with Crippen LogP contribution < -0.4 is 0 Å². The van der Waals surface area contributed by atoms with Crippen LogP contribution in [0.5, 0.6) is 0 Å². The minimum atomic E-state index is -0.822. The van der Waals surface area contributed by atoms with Crippen LogP contribution >= 0.6 is 0 Å². The first-order valence-electron chi connectivity index (χ1n) is 30.8. The summed E-state index contributed by atoms with van der Waals surface area (Å²) >= 11 is 0. The van der Waals surface area contributed by atoms with Crippen molar-refractivity contribution in [2.75, 3.05) is 13.2 Å². The summed E-state index contributed by atoms with van der Waals surface area (Å²) in [6, 6.07) is 0. The van der Waals surface area contributed by atoms with Crippen molar-refractivity contribution in [2.24, 2.45) is 0 Å². The summed E-state index contributed by atoms with van der Waals surface area (Å²) in [5.41, 5.74) is 0. The third-order valence-electron chi connectivity index (χ3n) is 12.6. The van der Waals surface area contributed by atoms with E-state index in [4.69, 9.17) is 14.2 Å². The van der Waals surface area contributed by atoms with E-state index >= 15 is 0 Å². The van der Waals surface area contributed by atoms with Gasteiger partial charge in [0, 0.05) is 19.3 Å². The molecule has 0 radical (unpaired) electrons. The minimum Gasteiger partial charge on any atom is -0.462 e. The summed E-state index contributed by atoms with van der Waals surface area (Å²) in [4.78, 5) is 38.2. The number of hydrogen-bond donors (Lipinski definition) is 0. The molecular weight excluding hydrogens is 937 g/mol. The summed E-state index contributed by atoms with van der Waals surface area (Å²) in [6.07, 6.45) is 90.1. The quantitative estimate of drug-likeness (QED) is 0.0261. The molecule has 76 heavy (non-hydrogen) atoms. The van der Waals surface area contributed by atoms with Crippen LogP contribution in [0.2, 0.25) is 0 Å². The Morgan fingerprint density at radius 3 is 0.882 bits per heavy atom. The largest absolute Gasteiger partial charge is 0.462 e. The molecule has 0 aromatic rings. The molecular formula is C70H112O6. The lowest BCUT2D eigenvalue weighted by Crippen LogP contribution is -2.30. The van der Waals surface area contributed by atoms with Gasteiger partial charge in [0.2, 0.25) is 0 Å². The van der Waals surface area contributed by atoms with Crippen LogP contribution in [0.1, 0.15) is 258 Å². The van der Waals surface area contributed by atoms with Crippen LogP contribution in [0.25, 0.3) is 0 Å². The van der Waals surface area contributed by atoms with E-state index in [9.17, 15) is 14.4 Å². The van der Waals surface area contributed by atoms with Crippen molar-refractivity contribution in [2.45, 2.75) is 264 Å². The van der Waals surface area contributed by atoms with E-state index in [1.54, 1.807) is 0 Å². The first-order valence-corrected chi connectivity index (χ1v) is 30.8. The highest BCUT2D eigenvalue weighted by Crippen LogP contribution is 2.14. The molecule has 1 unspecified atom stereocenters. The standard InChI is InChI=1S/C70H112O6/c1-4-7-10-13-16-19-22-25-27-29-30-31-32-33-34-35-36-37-38-39-40-41-43-45-48-51-54-57-60-63-69(72)75-66-67(65-74-68(71)62-59-56-53-50-47-44-24-21-18-15-12-9-6-3)76-70(73)64-61-58-55-52-49-46-42-28-26-23-20-17-14-11-8-5-2/h7,9-10,12,16,18-21,23,25,27-28,30-31,33-34,36-37,42,44,47,53,56,67H,4-6,8,11,13-15,17,22,24,26,29,32,35,38-41,43,45-46,48-52,54-55,57-66H2,1-3H3/b10-7-,12-9-,19-16-,21-18-,23-20-,27-25-,31-30-,34-33-,37-36-,42-28-,47-44-,56-53-. The Morgan fingerprint density at radius 1 is 0.276 bits per heavy atom. The maximum absolute atomic E-state index is 12.9. The second kappa shape index (κ2) is 62.8. The van der Waals surface area contributed by atoms with Crippen LogP contribution in [0.4, 0.5) is 0 Å². The number of rotatable bonds is 54. The van der Waals surface area contributed by atoms with Gasteiger partial charge in [-0.2, -0.15) is 0 Å². The lowest BCUT2D eigenvalue weighted by molar-refractivity contribution is -0.166. The third-order valence-corrected chi connectivity index (χ3v) is 12.6. The maximum Gasteiger partial charge on any atom is 0.306 e. The zero-order chi connectivity index (χ0) is 55.0. The van der Waals surface area contributed by atoms with Gasteiger partial charge in [0.25, 0.3) is 0 Å². The number of hydrogen-bond acceptors (Lipinski definition) is 6. The number of ether oxygens (including phenoxy) is 3. The molecule has 0 aromatic carbocycles. The molecule has 0 fully saturated rings. The Bertz CT molecular complexity index is 1680. The van der Waals surface area contributed by atoms with Gasteiger partial charge in [-0.05, 0) is 128 Å². The molecule has 1 atom stereocenters. The van der Waals surface area contributed by atoms with Gasteiger partial charge in [0.15, 0.2) is 6.10 Å². The second-order valence-electron chi connectivity index (χ2n) is 19.8. The first-order chi connectivity index (χ1) is 37.5. The number of esters is 3. The van der Waals surface area contributed by atoms with Crippen molar-refractivity contribution in [1.82, 2.24) is 0 Å². The molecule has 0 saturated heterocycles. The molecule has 0 N–H and O–H groups in total. The summed E-state index contributed by atoms with van der Waals surface area (Å²) < 4.78 is 16.8. The van der Waals surface area contributed by atoms with E-state index in [0.29, 0.717) is 19.3 Å². The van der Waals surface area contributed by atoms with Crippen molar-refractivity contribution in [3.05, 3.63) is 146 Å². The van der Waals surface area contributed by atoms with Gasteiger partial charge in [-0.15, -0.1) is 0 Å². The molecule has 0 saturated carbocycles. The second-order valence-corrected chi connectivity index (χ2v) is 19.8. The van der Waals surface area contributed by atoms with Crippen molar-refractivity contribution in [1.29, 1.82) is 0 Å². The molecule has 0 aliphatic heterocycles. The van der Waals surface area contributed by atoms with Crippen LogP contribution in [-0.4, -0.2) is 37.2 Å². The van der Waals surface area contributed by atoms with Crippen molar-refractivity contribution in [3.8, 4) is 0 Å². The highest BCUT2D eigenvalue weighted by Gasteiger charge is 2.19. The average Bonchev–Trinajstić information content (AvgIpc) is 3.42. The molecule has 428 valence electrons. The van der Waals surface area contributed by atoms with Crippen molar-refractivity contribution in [3.63, 3.8) is 0 Å². The van der Waals surface area contributed by atoms with Gasteiger partial charge in [0.1, 0.15) is 13.2 Å². The number of allylic oxidation sites excluding steroid dienone is 24. The van der Waals surface area contributed by atoms with Gasteiger partial charge < -0.3 is 14.2 Å². The predicted octanol–water partition coefficient (Wildman–Crippen LogP) is 21.2. The minimum absolute atomic E-state index is 0.113.